The second-order valence-electron chi connectivity index (χ2n) is 6.18. The third-order valence-electron chi connectivity index (χ3n) is 4.78. The van der Waals surface area contributed by atoms with Crippen molar-refractivity contribution in [2.45, 2.75) is 58.0 Å². The highest BCUT2D eigenvalue weighted by Gasteiger charge is 2.22. The molecule has 3 heteroatoms. The maximum Gasteiger partial charge on any atom is 0.127 e. The van der Waals surface area contributed by atoms with Gasteiger partial charge in [-0.2, -0.15) is 0 Å². The van der Waals surface area contributed by atoms with Crippen LogP contribution in [0.5, 0.6) is 11.5 Å². The highest BCUT2D eigenvalue weighted by atomic mass is 16.5. The van der Waals surface area contributed by atoms with Gasteiger partial charge in [-0.15, -0.1) is 0 Å². The van der Waals surface area contributed by atoms with Crippen molar-refractivity contribution >= 4 is 0 Å². The van der Waals surface area contributed by atoms with Crippen LogP contribution in [0.4, 0.5) is 0 Å². The van der Waals surface area contributed by atoms with Crippen molar-refractivity contribution in [2.75, 3.05) is 14.2 Å². The Kier molecular flexibility index (Phi) is 5.92. The van der Waals surface area contributed by atoms with E-state index in [2.05, 4.69) is 25.2 Å². The first-order valence-corrected chi connectivity index (χ1v) is 8.13. The molecule has 0 saturated heterocycles. The molecule has 1 saturated carbocycles. The van der Waals surface area contributed by atoms with Gasteiger partial charge in [0.1, 0.15) is 11.5 Å². The van der Waals surface area contributed by atoms with Gasteiger partial charge in [-0.3, -0.25) is 0 Å². The van der Waals surface area contributed by atoms with Crippen LogP contribution in [0.25, 0.3) is 0 Å². The van der Waals surface area contributed by atoms with Crippen LogP contribution in [0.1, 0.15) is 57.6 Å². The summed E-state index contributed by atoms with van der Waals surface area (Å²) < 4.78 is 10.8. The first-order valence-electron chi connectivity index (χ1n) is 8.13. The van der Waals surface area contributed by atoms with Crippen LogP contribution in [0.3, 0.4) is 0 Å². The summed E-state index contributed by atoms with van der Waals surface area (Å²) in [6, 6.07) is 6.89. The van der Waals surface area contributed by atoms with E-state index in [0.717, 1.165) is 17.4 Å². The van der Waals surface area contributed by atoms with E-state index in [0.29, 0.717) is 6.04 Å². The highest BCUT2D eigenvalue weighted by Crippen LogP contribution is 2.31. The molecule has 0 radical (unpaired) electrons. The van der Waals surface area contributed by atoms with Crippen LogP contribution in [0.2, 0.25) is 0 Å². The monoisotopic (exact) mass is 291 g/mol. The van der Waals surface area contributed by atoms with Crippen LogP contribution in [-0.4, -0.2) is 20.3 Å². The van der Waals surface area contributed by atoms with Crippen molar-refractivity contribution in [3.8, 4) is 11.5 Å². The minimum atomic E-state index is 0.280. The minimum absolute atomic E-state index is 0.280. The summed E-state index contributed by atoms with van der Waals surface area (Å²) in [6.45, 7) is 4.53. The SMILES string of the molecule is COc1ccc(C(C)NC(C)C2CCCCC2)c(OC)c1. The Balaban J connectivity index is 2.03. The molecular formula is C18H29NO2. The molecule has 1 aliphatic rings. The second-order valence-corrected chi connectivity index (χ2v) is 6.18. The molecule has 1 aliphatic carbocycles. The first kappa shape index (κ1) is 16.2. The van der Waals surface area contributed by atoms with Gasteiger partial charge in [0.05, 0.1) is 14.2 Å². The topological polar surface area (TPSA) is 30.5 Å². The fourth-order valence-electron chi connectivity index (χ4n) is 3.43. The largest absolute Gasteiger partial charge is 0.497 e. The Labute approximate surface area is 129 Å². The number of hydrogen-bond donors (Lipinski definition) is 1. The Morgan fingerprint density at radius 2 is 1.76 bits per heavy atom. The lowest BCUT2D eigenvalue weighted by Gasteiger charge is -2.31. The summed E-state index contributed by atoms with van der Waals surface area (Å²) in [6.07, 6.45) is 6.90. The van der Waals surface area contributed by atoms with E-state index in [4.69, 9.17) is 9.47 Å². The van der Waals surface area contributed by atoms with Crippen LogP contribution in [-0.2, 0) is 0 Å². The first-order chi connectivity index (χ1) is 10.2. The normalized spacial score (nSPS) is 19.0. The zero-order chi connectivity index (χ0) is 15.2. The van der Waals surface area contributed by atoms with Crippen molar-refractivity contribution in [1.82, 2.24) is 5.32 Å². The fraction of sp³-hybridized carbons (Fsp3) is 0.667. The van der Waals surface area contributed by atoms with Crippen molar-refractivity contribution in [3.05, 3.63) is 23.8 Å². The van der Waals surface area contributed by atoms with E-state index >= 15 is 0 Å². The molecule has 21 heavy (non-hydrogen) atoms. The van der Waals surface area contributed by atoms with Gasteiger partial charge >= 0.3 is 0 Å². The summed E-state index contributed by atoms with van der Waals surface area (Å²) >= 11 is 0. The van der Waals surface area contributed by atoms with E-state index in [1.165, 1.54) is 37.7 Å². The smallest absolute Gasteiger partial charge is 0.127 e. The molecule has 2 unspecified atom stereocenters. The summed E-state index contributed by atoms with van der Waals surface area (Å²) in [5.74, 6) is 2.54. The van der Waals surface area contributed by atoms with Gasteiger partial charge in [0, 0.05) is 23.7 Å². The van der Waals surface area contributed by atoms with Gasteiger partial charge in [0.15, 0.2) is 0 Å². The molecule has 3 nitrogen and oxygen atoms in total. The quantitative estimate of drug-likeness (QED) is 0.846. The number of methoxy groups -OCH3 is 2. The number of benzene rings is 1. The molecule has 0 spiro atoms. The summed E-state index contributed by atoms with van der Waals surface area (Å²) in [5.41, 5.74) is 1.20. The molecule has 1 aromatic rings. The van der Waals surface area contributed by atoms with Crippen molar-refractivity contribution < 1.29 is 9.47 Å². The molecule has 2 rings (SSSR count). The Bertz CT molecular complexity index is 441. The van der Waals surface area contributed by atoms with Gasteiger partial charge in [-0.1, -0.05) is 25.3 Å². The number of rotatable bonds is 6. The molecule has 0 bridgehead atoms. The molecule has 118 valence electrons. The van der Waals surface area contributed by atoms with Crippen molar-refractivity contribution in [2.24, 2.45) is 5.92 Å². The summed E-state index contributed by atoms with van der Waals surface area (Å²) in [5, 5.41) is 3.76. The average molecular weight is 291 g/mol. The van der Waals surface area contributed by atoms with E-state index < -0.39 is 0 Å². The molecular weight excluding hydrogens is 262 g/mol. The molecule has 1 fully saturated rings. The van der Waals surface area contributed by atoms with Gasteiger partial charge in [0.25, 0.3) is 0 Å². The third kappa shape index (κ3) is 4.13. The fourth-order valence-corrected chi connectivity index (χ4v) is 3.43. The Hall–Kier alpha value is -1.22. The van der Waals surface area contributed by atoms with E-state index in [-0.39, 0.29) is 6.04 Å². The van der Waals surface area contributed by atoms with Gasteiger partial charge in [-0.25, -0.2) is 0 Å². The molecule has 0 heterocycles. The summed E-state index contributed by atoms with van der Waals surface area (Å²) in [4.78, 5) is 0. The van der Waals surface area contributed by atoms with Gasteiger partial charge in [0.2, 0.25) is 0 Å². The lowest BCUT2D eigenvalue weighted by Crippen LogP contribution is -2.36. The minimum Gasteiger partial charge on any atom is -0.497 e. The molecule has 2 atom stereocenters. The maximum atomic E-state index is 5.52. The Morgan fingerprint density at radius 3 is 2.38 bits per heavy atom. The van der Waals surface area contributed by atoms with E-state index in [1.54, 1.807) is 14.2 Å². The lowest BCUT2D eigenvalue weighted by molar-refractivity contribution is 0.266. The third-order valence-corrected chi connectivity index (χ3v) is 4.78. The molecule has 1 aromatic carbocycles. The van der Waals surface area contributed by atoms with Crippen LogP contribution < -0.4 is 14.8 Å². The second kappa shape index (κ2) is 7.69. The average Bonchev–Trinajstić information content (AvgIpc) is 2.54. The Morgan fingerprint density at radius 1 is 1.05 bits per heavy atom. The van der Waals surface area contributed by atoms with Crippen molar-refractivity contribution in [3.63, 3.8) is 0 Å². The zero-order valence-corrected chi connectivity index (χ0v) is 13.8. The maximum absolute atomic E-state index is 5.52. The molecule has 1 N–H and O–H groups in total. The number of ether oxygens (including phenoxy) is 2. The predicted molar refractivity (Wildman–Crippen MR) is 87.1 cm³/mol. The van der Waals surface area contributed by atoms with Crippen LogP contribution >= 0.6 is 0 Å². The lowest BCUT2D eigenvalue weighted by atomic mass is 9.84. The molecule has 0 aromatic heterocycles. The predicted octanol–water partition coefficient (Wildman–Crippen LogP) is 4.32. The zero-order valence-electron chi connectivity index (χ0n) is 13.8. The highest BCUT2D eigenvalue weighted by molar-refractivity contribution is 5.42. The van der Waals surface area contributed by atoms with Crippen LogP contribution in [0, 0.1) is 5.92 Å². The van der Waals surface area contributed by atoms with Gasteiger partial charge < -0.3 is 14.8 Å². The van der Waals surface area contributed by atoms with E-state index in [1.807, 2.05) is 12.1 Å². The summed E-state index contributed by atoms with van der Waals surface area (Å²) in [7, 11) is 3.40. The van der Waals surface area contributed by atoms with Gasteiger partial charge in [-0.05, 0) is 38.7 Å². The molecule has 0 amide bonds. The molecule has 0 aliphatic heterocycles. The number of hydrogen-bond acceptors (Lipinski definition) is 3. The van der Waals surface area contributed by atoms with Crippen LogP contribution in [0.15, 0.2) is 18.2 Å². The van der Waals surface area contributed by atoms with Crippen molar-refractivity contribution in [1.29, 1.82) is 0 Å². The van der Waals surface area contributed by atoms with E-state index in [9.17, 15) is 0 Å². The number of nitrogens with one attached hydrogen (secondary N) is 1. The standard InChI is InChI=1S/C18H29NO2/c1-13(15-8-6-5-7-9-15)19-14(2)17-11-10-16(20-3)12-18(17)21-4/h10-15,19H,5-9H2,1-4H3.